The highest BCUT2D eigenvalue weighted by atomic mass is 28.3. The second-order valence-corrected chi connectivity index (χ2v) is 12.6. The zero-order valence-corrected chi connectivity index (χ0v) is 20.4. The molecule has 0 spiro atoms. The third kappa shape index (κ3) is 2.99. The molecule has 0 radical (unpaired) electrons. The first-order valence-corrected chi connectivity index (χ1v) is 14.0. The van der Waals surface area contributed by atoms with Crippen LogP contribution in [0.3, 0.4) is 0 Å². The van der Waals surface area contributed by atoms with Crippen LogP contribution in [0.5, 0.6) is 0 Å². The molecule has 164 valence electrons. The first kappa shape index (κ1) is 20.7. The highest BCUT2D eigenvalue weighted by molar-refractivity contribution is 7.20. The molecule has 1 heterocycles. The Bertz CT molecular complexity index is 1470. The van der Waals surface area contributed by atoms with Crippen molar-refractivity contribution in [3.05, 3.63) is 133 Å². The third-order valence-corrected chi connectivity index (χ3v) is 11.9. The Kier molecular flexibility index (Phi) is 5.16. The van der Waals surface area contributed by atoms with Gasteiger partial charge in [0.2, 0.25) is 0 Å². The fourth-order valence-corrected chi connectivity index (χ4v) is 10.8. The normalized spacial score (nSPS) is 11.8. The maximum Gasteiger partial charge on any atom is 0.181 e. The summed E-state index contributed by atoms with van der Waals surface area (Å²) in [5.41, 5.74) is 2.68. The van der Waals surface area contributed by atoms with Gasteiger partial charge in [0.1, 0.15) is 0 Å². The van der Waals surface area contributed by atoms with E-state index in [0.29, 0.717) is 0 Å². The van der Waals surface area contributed by atoms with Gasteiger partial charge >= 0.3 is 0 Å². The molecule has 0 amide bonds. The first-order valence-electron chi connectivity index (χ1n) is 12.0. The molecular weight excluding hydrogens is 426 g/mol. The predicted molar refractivity (Wildman–Crippen MR) is 149 cm³/mol. The molecule has 2 heteroatoms. The monoisotopic (exact) mass is 453 g/mol. The summed E-state index contributed by atoms with van der Waals surface area (Å²) in [5.74, 6) is 0. The van der Waals surface area contributed by atoms with Crippen LogP contribution in [0.15, 0.2) is 133 Å². The molecule has 0 aliphatic heterocycles. The molecule has 0 N–H and O–H groups in total. The minimum atomic E-state index is -2.60. The highest BCUT2D eigenvalue weighted by Gasteiger charge is 2.43. The van der Waals surface area contributed by atoms with Crippen LogP contribution in [-0.2, 0) is 6.54 Å². The second kappa shape index (κ2) is 8.47. The van der Waals surface area contributed by atoms with Gasteiger partial charge in [-0.05, 0) is 33.7 Å². The van der Waals surface area contributed by atoms with Crippen molar-refractivity contribution in [2.75, 3.05) is 0 Å². The lowest BCUT2D eigenvalue weighted by Crippen LogP contribution is -2.75. The molecule has 6 aromatic rings. The summed E-state index contributed by atoms with van der Waals surface area (Å²) in [5, 5.41) is 8.35. The molecule has 0 atom stereocenters. The van der Waals surface area contributed by atoms with Crippen molar-refractivity contribution in [1.29, 1.82) is 0 Å². The van der Waals surface area contributed by atoms with E-state index in [2.05, 4.69) is 145 Å². The van der Waals surface area contributed by atoms with Crippen LogP contribution >= 0.6 is 0 Å². The van der Waals surface area contributed by atoms with Crippen molar-refractivity contribution in [2.24, 2.45) is 0 Å². The maximum atomic E-state index is 2.52. The van der Waals surface area contributed by atoms with Gasteiger partial charge in [-0.1, -0.05) is 127 Å². The Balaban J connectivity index is 1.86. The molecule has 0 aliphatic rings. The molecule has 0 saturated heterocycles. The molecule has 1 nitrogen and oxygen atoms in total. The SMILES string of the molecule is CCn1c2ccccc2c2cccc([Si](c3ccccc3)(c3ccccc3)c3ccccc3)c21. The van der Waals surface area contributed by atoms with Crippen molar-refractivity contribution in [2.45, 2.75) is 13.5 Å². The van der Waals surface area contributed by atoms with Crippen LogP contribution in [0.4, 0.5) is 0 Å². The summed E-state index contributed by atoms with van der Waals surface area (Å²) >= 11 is 0. The number of aromatic nitrogens is 1. The van der Waals surface area contributed by atoms with Gasteiger partial charge in [0.25, 0.3) is 0 Å². The van der Waals surface area contributed by atoms with Gasteiger partial charge in [0, 0.05) is 28.4 Å². The summed E-state index contributed by atoms with van der Waals surface area (Å²) in [6, 6.07) is 49.4. The number of hydrogen-bond acceptors (Lipinski definition) is 0. The van der Waals surface area contributed by atoms with Gasteiger partial charge in [0.05, 0.1) is 0 Å². The van der Waals surface area contributed by atoms with Gasteiger partial charge in [-0.25, -0.2) is 0 Å². The number of aryl methyl sites for hydroxylation is 1. The van der Waals surface area contributed by atoms with Crippen molar-refractivity contribution in [3.63, 3.8) is 0 Å². The summed E-state index contributed by atoms with van der Waals surface area (Å²) in [7, 11) is -2.60. The van der Waals surface area contributed by atoms with Crippen LogP contribution in [0.2, 0.25) is 0 Å². The summed E-state index contributed by atoms with van der Waals surface area (Å²) < 4.78 is 2.52. The highest BCUT2D eigenvalue weighted by Crippen LogP contribution is 2.29. The Labute approximate surface area is 201 Å². The smallest absolute Gasteiger partial charge is 0.181 e. The molecule has 34 heavy (non-hydrogen) atoms. The van der Waals surface area contributed by atoms with Crippen LogP contribution in [-0.4, -0.2) is 12.6 Å². The number of nitrogens with zero attached hydrogens (tertiary/aromatic N) is 1. The zero-order valence-electron chi connectivity index (χ0n) is 19.4. The largest absolute Gasteiger partial charge is 0.341 e. The lowest BCUT2D eigenvalue weighted by molar-refractivity contribution is 0.828. The van der Waals surface area contributed by atoms with Crippen LogP contribution < -0.4 is 20.7 Å². The number of para-hydroxylation sites is 2. The van der Waals surface area contributed by atoms with Crippen molar-refractivity contribution >= 4 is 50.6 Å². The molecule has 6 rings (SSSR count). The molecule has 1 aromatic heterocycles. The average molecular weight is 454 g/mol. The zero-order chi connectivity index (χ0) is 23.0. The fraction of sp³-hybridized carbons (Fsp3) is 0.0625. The van der Waals surface area contributed by atoms with E-state index < -0.39 is 8.07 Å². The van der Waals surface area contributed by atoms with Crippen molar-refractivity contribution in [1.82, 2.24) is 4.57 Å². The molecule has 0 bridgehead atoms. The second-order valence-electron chi connectivity index (χ2n) is 8.81. The number of benzene rings is 5. The Hall–Kier alpha value is -3.88. The molecule has 5 aromatic carbocycles. The minimum Gasteiger partial charge on any atom is -0.341 e. The summed E-state index contributed by atoms with van der Waals surface area (Å²) in [6.07, 6.45) is 0. The van der Waals surface area contributed by atoms with Gasteiger partial charge in [0.15, 0.2) is 8.07 Å². The molecule has 0 saturated carbocycles. The number of hydrogen-bond donors (Lipinski definition) is 0. The minimum absolute atomic E-state index is 0.934. The molecule has 0 aliphatic carbocycles. The van der Waals surface area contributed by atoms with Crippen LogP contribution in [0.25, 0.3) is 21.8 Å². The fourth-order valence-electron chi connectivity index (χ4n) is 5.77. The Morgan fingerprint density at radius 1 is 0.500 bits per heavy atom. The predicted octanol–water partition coefficient (Wildman–Crippen LogP) is 5.19. The molecule has 0 fully saturated rings. The van der Waals surface area contributed by atoms with Crippen LogP contribution in [0.1, 0.15) is 6.92 Å². The lowest BCUT2D eigenvalue weighted by Gasteiger charge is -2.35. The average Bonchev–Trinajstić information content (AvgIpc) is 3.25. The first-order chi connectivity index (χ1) is 16.9. The van der Waals surface area contributed by atoms with E-state index in [9.17, 15) is 0 Å². The van der Waals surface area contributed by atoms with E-state index in [0.717, 1.165) is 6.54 Å². The number of fused-ring (bicyclic) bond motifs is 3. The van der Waals surface area contributed by atoms with E-state index in [1.165, 1.54) is 42.6 Å². The van der Waals surface area contributed by atoms with Crippen molar-refractivity contribution < 1.29 is 0 Å². The topological polar surface area (TPSA) is 4.93 Å². The van der Waals surface area contributed by atoms with E-state index in [1.54, 1.807) is 0 Å². The Morgan fingerprint density at radius 3 is 1.50 bits per heavy atom. The van der Waals surface area contributed by atoms with Gasteiger partial charge in [-0.2, -0.15) is 0 Å². The Morgan fingerprint density at radius 2 is 0.971 bits per heavy atom. The van der Waals surface area contributed by atoms with Gasteiger partial charge in [-0.3, -0.25) is 0 Å². The quantitative estimate of drug-likeness (QED) is 0.250. The van der Waals surface area contributed by atoms with E-state index in [1.807, 2.05) is 0 Å². The van der Waals surface area contributed by atoms with E-state index in [-0.39, 0.29) is 0 Å². The van der Waals surface area contributed by atoms with Crippen LogP contribution in [0, 0.1) is 0 Å². The van der Waals surface area contributed by atoms with Gasteiger partial charge in [-0.15, -0.1) is 0 Å². The summed E-state index contributed by atoms with van der Waals surface area (Å²) in [4.78, 5) is 0. The van der Waals surface area contributed by atoms with E-state index >= 15 is 0 Å². The molecular formula is C32H27NSi. The van der Waals surface area contributed by atoms with Gasteiger partial charge < -0.3 is 4.57 Å². The number of rotatable bonds is 5. The molecule has 0 unspecified atom stereocenters. The standard InChI is InChI=1S/C32H27NSi/c1-2-33-30-23-13-12-21-28(30)29-22-14-24-31(32(29)33)34(25-15-6-3-7-16-25,26-17-8-4-9-18-26)27-19-10-5-11-20-27/h3-24H,2H2,1H3. The maximum absolute atomic E-state index is 2.60. The van der Waals surface area contributed by atoms with Crippen molar-refractivity contribution in [3.8, 4) is 0 Å². The van der Waals surface area contributed by atoms with E-state index in [4.69, 9.17) is 0 Å². The third-order valence-electron chi connectivity index (χ3n) is 7.13. The lowest BCUT2D eigenvalue weighted by atomic mass is 10.1. The summed E-state index contributed by atoms with van der Waals surface area (Å²) in [6.45, 7) is 3.20.